The van der Waals surface area contributed by atoms with Gasteiger partial charge in [0, 0.05) is 11.0 Å². The van der Waals surface area contributed by atoms with Crippen LogP contribution in [0.4, 0.5) is 0 Å². The molecule has 1 heterocycles. The lowest BCUT2D eigenvalue weighted by atomic mass is 10.2. The van der Waals surface area contributed by atoms with Crippen LogP contribution in [-0.2, 0) is 16.1 Å². The molecular weight excluding hydrogens is 388 g/mol. The molecule has 0 fully saturated rings. The Balaban J connectivity index is 1.97. The van der Waals surface area contributed by atoms with E-state index in [-0.39, 0.29) is 12.3 Å². The number of para-hydroxylation sites is 1. The summed E-state index contributed by atoms with van der Waals surface area (Å²) < 4.78 is 15.6. The predicted octanol–water partition coefficient (Wildman–Crippen LogP) is 3.00. The van der Waals surface area contributed by atoms with E-state index in [4.69, 9.17) is 14.0 Å². The van der Waals surface area contributed by atoms with Crippen LogP contribution in [0.25, 0.3) is 0 Å². The minimum absolute atomic E-state index is 0.0878. The number of thioether (sulfide) groups is 2. The molecule has 0 unspecified atom stereocenters. The molecule has 0 radical (unpaired) electrons. The zero-order valence-corrected chi connectivity index (χ0v) is 17.0. The van der Waals surface area contributed by atoms with Crippen molar-refractivity contribution >= 4 is 35.4 Å². The van der Waals surface area contributed by atoms with Crippen LogP contribution >= 0.6 is 23.5 Å². The van der Waals surface area contributed by atoms with Crippen molar-refractivity contribution in [1.82, 2.24) is 10.5 Å². The van der Waals surface area contributed by atoms with E-state index < -0.39 is 17.9 Å². The first-order valence-electron chi connectivity index (χ1n) is 8.18. The van der Waals surface area contributed by atoms with E-state index in [1.165, 1.54) is 13.2 Å². The third-order valence-corrected chi connectivity index (χ3v) is 5.05. The summed E-state index contributed by atoms with van der Waals surface area (Å²) in [7, 11) is 1.29. The van der Waals surface area contributed by atoms with E-state index in [0.29, 0.717) is 17.9 Å². The van der Waals surface area contributed by atoms with Gasteiger partial charge < -0.3 is 19.3 Å². The molecule has 0 saturated heterocycles. The third-order valence-electron chi connectivity index (χ3n) is 3.63. The molecule has 1 N–H and O–H groups in total. The van der Waals surface area contributed by atoms with E-state index in [1.807, 2.05) is 36.8 Å². The molecule has 7 nitrogen and oxygen atoms in total. The molecule has 2 rings (SSSR count). The second kappa shape index (κ2) is 10.9. The number of hydrogen-bond acceptors (Lipinski definition) is 8. The molecule has 1 aromatic heterocycles. The largest absolute Gasteiger partial charge is 0.484 e. The van der Waals surface area contributed by atoms with Crippen molar-refractivity contribution in [2.45, 2.75) is 24.0 Å². The van der Waals surface area contributed by atoms with Crippen molar-refractivity contribution < 1.29 is 23.6 Å². The summed E-state index contributed by atoms with van der Waals surface area (Å²) in [6.07, 6.45) is 4.36. The summed E-state index contributed by atoms with van der Waals surface area (Å²) in [4.78, 5) is 25.1. The zero-order chi connectivity index (χ0) is 19.6. The molecule has 1 amide bonds. The van der Waals surface area contributed by atoms with Crippen LogP contribution in [0.2, 0.25) is 0 Å². The number of rotatable bonds is 10. The Morgan fingerprint density at radius 2 is 2.07 bits per heavy atom. The van der Waals surface area contributed by atoms with Crippen LogP contribution in [0.15, 0.2) is 39.8 Å². The number of carbonyl (C=O) groups is 2. The van der Waals surface area contributed by atoms with Gasteiger partial charge in [0.05, 0.1) is 7.11 Å². The number of nitrogens with zero attached hydrogens (tertiary/aromatic N) is 1. The first-order valence-corrected chi connectivity index (χ1v) is 10.8. The highest BCUT2D eigenvalue weighted by atomic mass is 32.2. The van der Waals surface area contributed by atoms with Crippen LogP contribution < -0.4 is 10.1 Å². The Labute approximate surface area is 166 Å². The Morgan fingerprint density at radius 3 is 2.78 bits per heavy atom. The van der Waals surface area contributed by atoms with Crippen LogP contribution in [-0.4, -0.2) is 48.4 Å². The summed E-state index contributed by atoms with van der Waals surface area (Å²) >= 11 is 3.16. The van der Waals surface area contributed by atoms with Crippen molar-refractivity contribution in [1.29, 1.82) is 0 Å². The van der Waals surface area contributed by atoms with Gasteiger partial charge in [0.2, 0.25) is 0 Å². The van der Waals surface area contributed by atoms with E-state index in [0.717, 1.165) is 10.6 Å². The van der Waals surface area contributed by atoms with Crippen LogP contribution in [0, 0.1) is 0 Å². The number of amides is 1. The fourth-order valence-corrected chi connectivity index (χ4v) is 3.25. The Hall–Kier alpha value is -2.13. The summed E-state index contributed by atoms with van der Waals surface area (Å²) in [5, 5.41) is 6.39. The van der Waals surface area contributed by atoms with Crippen LogP contribution in [0.3, 0.4) is 0 Å². The van der Waals surface area contributed by atoms with E-state index in [9.17, 15) is 9.59 Å². The lowest BCUT2D eigenvalue weighted by Gasteiger charge is -2.14. The molecule has 0 aliphatic heterocycles. The monoisotopic (exact) mass is 410 g/mol. The summed E-state index contributed by atoms with van der Waals surface area (Å²) in [5.74, 6) is 0.876. The van der Waals surface area contributed by atoms with Gasteiger partial charge >= 0.3 is 5.97 Å². The smallest absolute Gasteiger partial charge is 0.328 e. The Morgan fingerprint density at radius 1 is 1.30 bits per heavy atom. The highest BCUT2D eigenvalue weighted by Gasteiger charge is 2.23. The molecule has 0 aliphatic carbocycles. The number of benzene rings is 1. The fraction of sp³-hybridized carbons (Fsp3) is 0.389. The van der Waals surface area contributed by atoms with Crippen LogP contribution in [0.1, 0.15) is 22.7 Å². The standard InChI is InChI=1S/C18H22N2O5S2/c1-23-18(22)13(8-9-26-2)19-17(21)14-10-12(25-20-14)11-24-15-6-4-5-7-16(15)27-3/h4-7,10,13H,8-9,11H2,1-3H3,(H,19,21)/t13-/m0/s1. The van der Waals surface area contributed by atoms with Crippen LogP contribution in [0.5, 0.6) is 5.75 Å². The molecule has 146 valence electrons. The number of ether oxygens (including phenoxy) is 2. The lowest BCUT2D eigenvalue weighted by Crippen LogP contribution is -2.42. The summed E-state index contributed by atoms with van der Waals surface area (Å²) in [5.41, 5.74) is 0.0878. The number of methoxy groups -OCH3 is 1. The Bertz CT molecular complexity index is 766. The van der Waals surface area contributed by atoms with Gasteiger partial charge in [0.1, 0.15) is 18.4 Å². The second-order valence-electron chi connectivity index (χ2n) is 5.45. The molecule has 0 bridgehead atoms. The normalized spacial score (nSPS) is 11.7. The number of nitrogens with one attached hydrogen (secondary N) is 1. The fourth-order valence-electron chi connectivity index (χ4n) is 2.23. The molecule has 0 saturated carbocycles. The zero-order valence-electron chi connectivity index (χ0n) is 15.4. The first-order chi connectivity index (χ1) is 13.1. The molecule has 0 aliphatic rings. The molecule has 9 heteroatoms. The van der Waals surface area contributed by atoms with Gasteiger partial charge in [0.15, 0.2) is 11.5 Å². The minimum Gasteiger partial charge on any atom is -0.484 e. The maximum Gasteiger partial charge on any atom is 0.328 e. The maximum absolute atomic E-state index is 12.3. The Kier molecular flexibility index (Phi) is 8.53. The summed E-state index contributed by atoms with van der Waals surface area (Å²) in [6, 6.07) is 8.42. The third kappa shape index (κ3) is 6.21. The van der Waals surface area contributed by atoms with Gasteiger partial charge in [-0.2, -0.15) is 11.8 Å². The quantitative estimate of drug-likeness (QED) is 0.472. The van der Waals surface area contributed by atoms with Crippen molar-refractivity contribution in [2.24, 2.45) is 0 Å². The number of carbonyl (C=O) groups excluding carboxylic acids is 2. The van der Waals surface area contributed by atoms with E-state index in [2.05, 4.69) is 10.5 Å². The lowest BCUT2D eigenvalue weighted by molar-refractivity contribution is -0.142. The minimum atomic E-state index is -0.722. The van der Waals surface area contributed by atoms with Crippen molar-refractivity contribution in [2.75, 3.05) is 25.4 Å². The van der Waals surface area contributed by atoms with E-state index >= 15 is 0 Å². The molecule has 0 spiro atoms. The van der Waals surface area contributed by atoms with Gasteiger partial charge in [-0.3, -0.25) is 4.79 Å². The average Bonchev–Trinajstić information content (AvgIpc) is 3.18. The summed E-state index contributed by atoms with van der Waals surface area (Å²) in [6.45, 7) is 0.144. The maximum atomic E-state index is 12.3. The molecule has 1 atom stereocenters. The number of esters is 1. The topological polar surface area (TPSA) is 90.7 Å². The van der Waals surface area contributed by atoms with Gasteiger partial charge in [-0.05, 0) is 36.8 Å². The highest BCUT2D eigenvalue weighted by Crippen LogP contribution is 2.27. The van der Waals surface area contributed by atoms with E-state index in [1.54, 1.807) is 23.5 Å². The molecule has 1 aromatic carbocycles. The number of aromatic nitrogens is 1. The van der Waals surface area contributed by atoms with Gasteiger partial charge in [-0.25, -0.2) is 4.79 Å². The number of hydrogen-bond donors (Lipinski definition) is 1. The molecule has 2 aromatic rings. The van der Waals surface area contributed by atoms with Crippen molar-refractivity contribution in [3.05, 3.63) is 41.8 Å². The van der Waals surface area contributed by atoms with Crippen molar-refractivity contribution in [3.8, 4) is 5.75 Å². The predicted molar refractivity (Wildman–Crippen MR) is 105 cm³/mol. The average molecular weight is 411 g/mol. The van der Waals surface area contributed by atoms with Gasteiger partial charge in [-0.15, -0.1) is 11.8 Å². The first kappa shape index (κ1) is 21.2. The SMILES string of the molecule is COC(=O)[C@H](CCSC)NC(=O)c1cc(COc2ccccc2SC)on1. The molecular formula is C18H22N2O5S2. The van der Waals surface area contributed by atoms with Gasteiger partial charge in [0.25, 0.3) is 5.91 Å². The highest BCUT2D eigenvalue weighted by molar-refractivity contribution is 7.98. The van der Waals surface area contributed by atoms with Gasteiger partial charge in [-0.1, -0.05) is 17.3 Å². The molecule has 27 heavy (non-hydrogen) atoms. The van der Waals surface area contributed by atoms with Crippen molar-refractivity contribution in [3.63, 3.8) is 0 Å². The second-order valence-corrected chi connectivity index (χ2v) is 7.28.